The molecule has 2 aromatic rings. The number of rotatable bonds is 4. The maximum Gasteiger partial charge on any atom is 0.306 e. The number of anilines is 1. The zero-order valence-corrected chi connectivity index (χ0v) is 13.8. The molecular formula is C19H20N2O4. The molecule has 0 bridgehead atoms. The van der Waals surface area contributed by atoms with Crippen LogP contribution in [0.2, 0.25) is 0 Å². The highest BCUT2D eigenvalue weighted by Gasteiger charge is 2.31. The summed E-state index contributed by atoms with van der Waals surface area (Å²) in [7, 11) is 0. The molecule has 2 aliphatic rings. The fourth-order valence-electron chi connectivity index (χ4n) is 3.38. The fourth-order valence-corrected chi connectivity index (χ4v) is 3.38. The Morgan fingerprint density at radius 3 is 2.88 bits per heavy atom. The Balaban J connectivity index is 1.44. The third-order valence-corrected chi connectivity index (χ3v) is 4.75. The number of hydrogen-bond donors (Lipinski definition) is 2. The van der Waals surface area contributed by atoms with E-state index in [1.54, 1.807) is 6.20 Å². The van der Waals surface area contributed by atoms with Crippen molar-refractivity contribution in [3.63, 3.8) is 0 Å². The largest absolute Gasteiger partial charge is 0.490 e. The normalized spacial score (nSPS) is 21.8. The molecule has 2 atom stereocenters. The number of carboxylic acid groups (broad SMARTS) is 1. The van der Waals surface area contributed by atoms with Crippen LogP contribution in [0.5, 0.6) is 11.6 Å². The van der Waals surface area contributed by atoms with Crippen molar-refractivity contribution >= 4 is 11.7 Å². The van der Waals surface area contributed by atoms with Gasteiger partial charge < -0.3 is 19.9 Å². The van der Waals surface area contributed by atoms with Gasteiger partial charge in [-0.3, -0.25) is 4.79 Å². The third-order valence-electron chi connectivity index (χ3n) is 4.75. The van der Waals surface area contributed by atoms with Gasteiger partial charge in [-0.05, 0) is 43.0 Å². The second kappa shape index (κ2) is 6.63. The second-order valence-electron chi connectivity index (χ2n) is 6.46. The molecule has 1 aromatic heterocycles. The molecule has 0 saturated heterocycles. The molecule has 2 unspecified atom stereocenters. The lowest BCUT2D eigenvalue weighted by atomic mass is 10.1. The van der Waals surface area contributed by atoms with Crippen LogP contribution in [-0.2, 0) is 4.79 Å². The lowest BCUT2D eigenvalue weighted by Crippen LogP contribution is -2.17. The van der Waals surface area contributed by atoms with E-state index in [4.69, 9.17) is 14.6 Å². The molecule has 25 heavy (non-hydrogen) atoms. The first kappa shape index (κ1) is 15.7. The van der Waals surface area contributed by atoms with Crippen LogP contribution in [0.3, 0.4) is 0 Å². The van der Waals surface area contributed by atoms with Crippen LogP contribution in [0.4, 0.5) is 5.69 Å². The molecule has 130 valence electrons. The smallest absolute Gasteiger partial charge is 0.306 e. The van der Waals surface area contributed by atoms with Gasteiger partial charge in [-0.15, -0.1) is 0 Å². The molecule has 2 N–H and O–H groups in total. The number of nitrogens with zero attached hydrogens (tertiary/aromatic N) is 1. The minimum Gasteiger partial charge on any atom is -0.490 e. The van der Waals surface area contributed by atoms with Gasteiger partial charge in [0.05, 0.1) is 11.6 Å². The van der Waals surface area contributed by atoms with Gasteiger partial charge in [0, 0.05) is 24.4 Å². The Morgan fingerprint density at radius 2 is 2.12 bits per heavy atom. The van der Waals surface area contributed by atoms with Crippen LogP contribution in [0.15, 0.2) is 36.5 Å². The van der Waals surface area contributed by atoms with E-state index >= 15 is 0 Å². The lowest BCUT2D eigenvalue weighted by molar-refractivity contribution is -0.141. The van der Waals surface area contributed by atoms with Crippen molar-refractivity contribution in [3.05, 3.63) is 36.5 Å². The quantitative estimate of drug-likeness (QED) is 0.890. The standard InChI is InChI=1S/C19H20N2O4/c22-19(23)13-1-4-15(9-13)25-18-6-3-14(11-21-18)12-2-5-16-17(10-12)24-8-7-20-16/h2-3,5-6,10-11,13,15,20H,1,4,7-9H2,(H,22,23). The number of aromatic nitrogens is 1. The maximum atomic E-state index is 11.0. The molecule has 1 saturated carbocycles. The Hall–Kier alpha value is -2.76. The molecule has 0 radical (unpaired) electrons. The van der Waals surface area contributed by atoms with Crippen molar-refractivity contribution in [3.8, 4) is 22.8 Å². The molecule has 1 aromatic carbocycles. The van der Waals surface area contributed by atoms with E-state index in [2.05, 4.69) is 10.3 Å². The van der Waals surface area contributed by atoms with Crippen LogP contribution in [0.25, 0.3) is 11.1 Å². The van der Waals surface area contributed by atoms with Crippen molar-refractivity contribution in [2.24, 2.45) is 5.92 Å². The van der Waals surface area contributed by atoms with Gasteiger partial charge in [-0.1, -0.05) is 6.07 Å². The van der Waals surface area contributed by atoms with Crippen LogP contribution in [0, 0.1) is 5.92 Å². The maximum absolute atomic E-state index is 11.0. The first-order chi connectivity index (χ1) is 12.2. The molecule has 2 heterocycles. The van der Waals surface area contributed by atoms with Crippen LogP contribution in [0.1, 0.15) is 19.3 Å². The summed E-state index contributed by atoms with van der Waals surface area (Å²) in [6.07, 6.45) is 3.68. The van der Waals surface area contributed by atoms with Crippen molar-refractivity contribution in [1.82, 2.24) is 4.98 Å². The fraction of sp³-hybridized carbons (Fsp3) is 0.368. The summed E-state index contributed by atoms with van der Waals surface area (Å²) in [5.41, 5.74) is 3.03. The molecule has 0 spiro atoms. The molecule has 4 rings (SSSR count). The van der Waals surface area contributed by atoms with E-state index < -0.39 is 5.97 Å². The van der Waals surface area contributed by atoms with E-state index in [0.717, 1.165) is 35.5 Å². The predicted octanol–water partition coefficient (Wildman–Crippen LogP) is 3.19. The first-order valence-corrected chi connectivity index (χ1v) is 8.55. The van der Waals surface area contributed by atoms with Crippen molar-refractivity contribution in [1.29, 1.82) is 0 Å². The highest BCUT2D eigenvalue weighted by Crippen LogP contribution is 2.33. The van der Waals surface area contributed by atoms with Gasteiger partial charge in [-0.2, -0.15) is 0 Å². The van der Waals surface area contributed by atoms with E-state index in [0.29, 0.717) is 25.3 Å². The molecule has 6 nitrogen and oxygen atoms in total. The highest BCUT2D eigenvalue weighted by molar-refractivity contribution is 5.71. The monoisotopic (exact) mass is 340 g/mol. The van der Waals surface area contributed by atoms with E-state index in [-0.39, 0.29) is 12.0 Å². The number of carbonyl (C=O) groups is 1. The van der Waals surface area contributed by atoms with Crippen molar-refractivity contribution < 1.29 is 19.4 Å². The zero-order chi connectivity index (χ0) is 17.2. The van der Waals surface area contributed by atoms with Gasteiger partial charge in [-0.25, -0.2) is 4.98 Å². The van der Waals surface area contributed by atoms with Crippen LogP contribution in [-0.4, -0.2) is 35.3 Å². The topological polar surface area (TPSA) is 80.7 Å². The van der Waals surface area contributed by atoms with E-state index in [1.165, 1.54) is 0 Å². The molecule has 1 aliphatic heterocycles. The van der Waals surface area contributed by atoms with E-state index in [1.807, 2.05) is 30.3 Å². The van der Waals surface area contributed by atoms with Crippen molar-refractivity contribution in [2.45, 2.75) is 25.4 Å². The third kappa shape index (κ3) is 3.38. The summed E-state index contributed by atoms with van der Waals surface area (Å²) >= 11 is 0. The number of hydrogen-bond acceptors (Lipinski definition) is 5. The number of pyridine rings is 1. The van der Waals surface area contributed by atoms with Gasteiger partial charge in [0.15, 0.2) is 0 Å². The Kier molecular flexibility index (Phi) is 4.17. The van der Waals surface area contributed by atoms with Gasteiger partial charge in [0.25, 0.3) is 0 Å². The average molecular weight is 340 g/mol. The second-order valence-corrected chi connectivity index (χ2v) is 6.46. The first-order valence-electron chi connectivity index (χ1n) is 8.55. The summed E-state index contributed by atoms with van der Waals surface area (Å²) in [6.45, 7) is 1.49. The molecule has 1 aliphatic carbocycles. The van der Waals surface area contributed by atoms with Crippen LogP contribution >= 0.6 is 0 Å². The average Bonchev–Trinajstić information content (AvgIpc) is 3.11. The number of carboxylic acids is 1. The highest BCUT2D eigenvalue weighted by atomic mass is 16.5. The summed E-state index contributed by atoms with van der Waals surface area (Å²) in [4.78, 5) is 15.4. The van der Waals surface area contributed by atoms with Gasteiger partial charge >= 0.3 is 5.97 Å². The Labute approximate surface area is 145 Å². The summed E-state index contributed by atoms with van der Waals surface area (Å²) in [5.74, 6) is 0.359. The zero-order valence-electron chi connectivity index (χ0n) is 13.8. The number of fused-ring (bicyclic) bond motifs is 1. The number of nitrogens with one attached hydrogen (secondary N) is 1. The number of ether oxygens (including phenoxy) is 2. The Bertz CT molecular complexity index is 775. The molecular weight excluding hydrogens is 320 g/mol. The predicted molar refractivity (Wildman–Crippen MR) is 93.1 cm³/mol. The lowest BCUT2D eigenvalue weighted by Gasteiger charge is -2.19. The Morgan fingerprint density at radius 1 is 1.24 bits per heavy atom. The number of benzene rings is 1. The summed E-state index contributed by atoms with van der Waals surface area (Å²) in [6, 6.07) is 9.85. The minimum absolute atomic E-state index is 0.0670. The minimum atomic E-state index is -0.737. The molecule has 0 amide bonds. The van der Waals surface area contributed by atoms with Gasteiger partial charge in [0.1, 0.15) is 18.5 Å². The van der Waals surface area contributed by atoms with Gasteiger partial charge in [0.2, 0.25) is 5.88 Å². The van der Waals surface area contributed by atoms with E-state index in [9.17, 15) is 4.79 Å². The SMILES string of the molecule is O=C(O)C1CCC(Oc2ccc(-c3ccc4c(c3)OCCN4)cn2)C1. The van der Waals surface area contributed by atoms with Crippen LogP contribution < -0.4 is 14.8 Å². The number of aliphatic carboxylic acids is 1. The molecule has 6 heteroatoms. The van der Waals surface area contributed by atoms with Crippen molar-refractivity contribution in [2.75, 3.05) is 18.5 Å². The summed E-state index contributed by atoms with van der Waals surface area (Å²) in [5, 5.41) is 12.4. The molecule has 1 fully saturated rings. The summed E-state index contributed by atoms with van der Waals surface area (Å²) < 4.78 is 11.5.